The van der Waals surface area contributed by atoms with Crippen LogP contribution < -0.4 is 10.5 Å². The summed E-state index contributed by atoms with van der Waals surface area (Å²) in [4.78, 5) is 0. The molecule has 0 aromatic heterocycles. The smallest absolute Gasteiger partial charge is 0.146 e. The maximum atomic E-state index is 13.5. The lowest BCUT2D eigenvalue weighted by Crippen LogP contribution is -2.14. The molecular weight excluding hydrogens is 221 g/mol. The summed E-state index contributed by atoms with van der Waals surface area (Å²) in [6.07, 6.45) is 0.278. The van der Waals surface area contributed by atoms with Crippen LogP contribution >= 0.6 is 11.6 Å². The second kappa shape index (κ2) is 5.30. The highest BCUT2D eigenvalue weighted by atomic mass is 35.5. The molecule has 0 spiro atoms. The maximum absolute atomic E-state index is 13.5. The molecule has 0 saturated carbocycles. The zero-order chi connectivity index (χ0) is 11.4. The van der Waals surface area contributed by atoms with Crippen LogP contribution in [0.25, 0.3) is 0 Å². The van der Waals surface area contributed by atoms with Crippen molar-refractivity contribution < 1.29 is 14.2 Å². The van der Waals surface area contributed by atoms with Crippen molar-refractivity contribution >= 4 is 11.6 Å². The van der Waals surface area contributed by atoms with Gasteiger partial charge in [-0.05, 0) is 12.5 Å². The average molecular weight is 234 g/mol. The highest BCUT2D eigenvalue weighted by Crippen LogP contribution is 2.29. The minimum Gasteiger partial charge on any atom is -0.497 e. The summed E-state index contributed by atoms with van der Waals surface area (Å²) in [6.45, 7) is -0.102. The van der Waals surface area contributed by atoms with Gasteiger partial charge in [0.15, 0.2) is 0 Å². The van der Waals surface area contributed by atoms with Crippen LogP contribution in [0, 0.1) is 5.82 Å². The lowest BCUT2D eigenvalue weighted by atomic mass is 10.0. The number of methoxy groups -OCH3 is 1. The van der Waals surface area contributed by atoms with Gasteiger partial charge < -0.3 is 15.6 Å². The van der Waals surface area contributed by atoms with E-state index in [9.17, 15) is 4.39 Å². The van der Waals surface area contributed by atoms with Crippen molar-refractivity contribution in [3.05, 3.63) is 28.5 Å². The lowest BCUT2D eigenvalue weighted by Gasteiger charge is -2.13. The molecule has 0 bridgehead atoms. The number of rotatable bonds is 4. The summed E-state index contributed by atoms with van der Waals surface area (Å²) in [6, 6.07) is 2.29. The van der Waals surface area contributed by atoms with E-state index < -0.39 is 11.9 Å². The lowest BCUT2D eigenvalue weighted by molar-refractivity contribution is 0.275. The molecule has 15 heavy (non-hydrogen) atoms. The van der Waals surface area contributed by atoms with E-state index in [0.29, 0.717) is 5.75 Å². The Morgan fingerprint density at radius 3 is 2.80 bits per heavy atom. The molecule has 3 N–H and O–H groups in total. The van der Waals surface area contributed by atoms with E-state index >= 15 is 0 Å². The average Bonchev–Trinajstić information content (AvgIpc) is 2.22. The van der Waals surface area contributed by atoms with Crippen LogP contribution in [0.4, 0.5) is 4.39 Å². The van der Waals surface area contributed by atoms with Crippen LogP contribution in [0.2, 0.25) is 5.02 Å². The van der Waals surface area contributed by atoms with E-state index in [1.54, 1.807) is 0 Å². The Hall–Kier alpha value is -0.840. The second-order valence-corrected chi connectivity index (χ2v) is 3.54. The van der Waals surface area contributed by atoms with E-state index in [4.69, 9.17) is 27.2 Å². The molecule has 3 nitrogen and oxygen atoms in total. The zero-order valence-corrected chi connectivity index (χ0v) is 9.09. The second-order valence-electron chi connectivity index (χ2n) is 3.13. The molecule has 0 radical (unpaired) electrons. The number of hydrogen-bond acceptors (Lipinski definition) is 3. The molecule has 1 atom stereocenters. The molecule has 0 aliphatic carbocycles. The summed E-state index contributed by atoms with van der Waals surface area (Å²) >= 11 is 5.67. The summed E-state index contributed by atoms with van der Waals surface area (Å²) in [5.41, 5.74) is 5.94. The largest absolute Gasteiger partial charge is 0.497 e. The Balaban J connectivity index is 3.09. The van der Waals surface area contributed by atoms with Gasteiger partial charge in [0.25, 0.3) is 0 Å². The molecule has 0 heterocycles. The van der Waals surface area contributed by atoms with Crippen LogP contribution in [-0.4, -0.2) is 18.8 Å². The number of ether oxygens (including phenoxy) is 1. The Bertz CT molecular complexity index is 346. The van der Waals surface area contributed by atoms with Crippen molar-refractivity contribution in [3.8, 4) is 5.75 Å². The molecule has 0 fully saturated rings. The van der Waals surface area contributed by atoms with Crippen molar-refractivity contribution in [3.63, 3.8) is 0 Å². The molecule has 1 aromatic carbocycles. The van der Waals surface area contributed by atoms with Crippen molar-refractivity contribution in [2.24, 2.45) is 5.73 Å². The highest BCUT2D eigenvalue weighted by Gasteiger charge is 2.15. The number of benzene rings is 1. The van der Waals surface area contributed by atoms with Crippen LogP contribution in [0.3, 0.4) is 0 Å². The number of hydrogen-bond donors (Lipinski definition) is 2. The Labute approximate surface area is 92.6 Å². The number of aliphatic hydroxyl groups is 1. The first-order chi connectivity index (χ1) is 7.10. The first-order valence-corrected chi connectivity index (χ1v) is 4.87. The minimum atomic E-state index is -0.581. The molecule has 0 aliphatic heterocycles. The van der Waals surface area contributed by atoms with Crippen molar-refractivity contribution in [2.75, 3.05) is 13.7 Å². The number of nitrogens with two attached hydrogens (primary N) is 1. The predicted octanol–water partition coefficient (Wildman–Crippen LogP) is 1.87. The van der Waals surface area contributed by atoms with Gasteiger partial charge in [-0.15, -0.1) is 0 Å². The van der Waals surface area contributed by atoms with Gasteiger partial charge in [0.05, 0.1) is 12.1 Å². The first-order valence-electron chi connectivity index (χ1n) is 4.49. The third-order valence-corrected chi connectivity index (χ3v) is 2.38. The third kappa shape index (κ3) is 2.81. The molecule has 84 valence electrons. The quantitative estimate of drug-likeness (QED) is 0.835. The predicted molar refractivity (Wildman–Crippen MR) is 56.6 cm³/mol. The van der Waals surface area contributed by atoms with E-state index in [1.807, 2.05) is 0 Å². The standard InChI is InChI=1S/C10H13ClFNO2/c1-15-6-4-7(9(13)2-3-14)10(12)8(11)5-6/h4-5,9,14H,2-3,13H2,1H3. The normalized spacial score (nSPS) is 12.6. The summed E-state index contributed by atoms with van der Waals surface area (Å²) in [5, 5.41) is 8.69. The SMILES string of the molecule is COc1cc(Cl)c(F)c(C(N)CCO)c1. The molecular formula is C10H13ClFNO2. The fraction of sp³-hybridized carbons (Fsp3) is 0.400. The van der Waals surface area contributed by atoms with Crippen LogP contribution in [0.5, 0.6) is 5.75 Å². The van der Waals surface area contributed by atoms with Crippen molar-refractivity contribution in [1.29, 1.82) is 0 Å². The van der Waals surface area contributed by atoms with Gasteiger partial charge in [-0.1, -0.05) is 11.6 Å². The minimum absolute atomic E-state index is 0.0299. The van der Waals surface area contributed by atoms with Crippen LogP contribution in [-0.2, 0) is 0 Å². The number of halogens is 2. The summed E-state index contributed by atoms with van der Waals surface area (Å²) < 4.78 is 18.5. The van der Waals surface area contributed by atoms with Crippen molar-refractivity contribution in [1.82, 2.24) is 0 Å². The zero-order valence-electron chi connectivity index (χ0n) is 8.34. The highest BCUT2D eigenvalue weighted by molar-refractivity contribution is 6.31. The fourth-order valence-corrected chi connectivity index (χ4v) is 1.48. The van der Waals surface area contributed by atoms with Gasteiger partial charge in [-0.2, -0.15) is 0 Å². The molecule has 1 aromatic rings. The first kappa shape index (κ1) is 12.2. The van der Waals surface area contributed by atoms with Gasteiger partial charge in [-0.3, -0.25) is 0 Å². The van der Waals surface area contributed by atoms with Crippen LogP contribution in [0.15, 0.2) is 12.1 Å². The van der Waals surface area contributed by atoms with E-state index in [-0.39, 0.29) is 23.6 Å². The maximum Gasteiger partial charge on any atom is 0.146 e. The van der Waals surface area contributed by atoms with E-state index in [1.165, 1.54) is 19.2 Å². The van der Waals surface area contributed by atoms with Gasteiger partial charge in [0, 0.05) is 24.3 Å². The topological polar surface area (TPSA) is 55.5 Å². The monoisotopic (exact) mass is 233 g/mol. The third-order valence-electron chi connectivity index (χ3n) is 2.11. The molecule has 1 rings (SSSR count). The fourth-order valence-electron chi connectivity index (χ4n) is 1.27. The summed E-state index contributed by atoms with van der Waals surface area (Å²) in [5.74, 6) is -0.108. The van der Waals surface area contributed by atoms with Crippen molar-refractivity contribution in [2.45, 2.75) is 12.5 Å². The number of aliphatic hydroxyl groups excluding tert-OH is 1. The van der Waals surface area contributed by atoms with Gasteiger partial charge >= 0.3 is 0 Å². The van der Waals surface area contributed by atoms with E-state index in [2.05, 4.69) is 0 Å². The molecule has 0 amide bonds. The Morgan fingerprint density at radius 2 is 2.27 bits per heavy atom. The van der Waals surface area contributed by atoms with Crippen LogP contribution in [0.1, 0.15) is 18.0 Å². The van der Waals surface area contributed by atoms with Gasteiger partial charge in [-0.25, -0.2) is 4.39 Å². The Kier molecular flexibility index (Phi) is 4.32. The Morgan fingerprint density at radius 1 is 1.60 bits per heavy atom. The molecule has 0 aliphatic rings. The summed E-state index contributed by atoms with van der Waals surface area (Å²) in [7, 11) is 1.46. The molecule has 0 saturated heterocycles. The van der Waals surface area contributed by atoms with Gasteiger partial charge in [0.1, 0.15) is 11.6 Å². The molecule has 5 heteroatoms. The van der Waals surface area contributed by atoms with Gasteiger partial charge in [0.2, 0.25) is 0 Å². The van der Waals surface area contributed by atoms with E-state index in [0.717, 1.165) is 0 Å². The molecule has 1 unspecified atom stereocenters.